The average molecular weight is 192 g/mol. The number of nitrogens with two attached hydrogens (primary N) is 1. The molecule has 0 radical (unpaired) electrons. The summed E-state index contributed by atoms with van der Waals surface area (Å²) in [7, 11) is 0. The van der Waals surface area contributed by atoms with Crippen LogP contribution in [0.5, 0.6) is 0 Å². The molecule has 1 aromatic rings. The molecule has 0 amide bonds. The molecule has 7 heteroatoms. The lowest BCUT2D eigenvalue weighted by Crippen LogP contribution is -2.24. The number of halogens is 3. The van der Waals surface area contributed by atoms with Crippen LogP contribution in [-0.4, -0.2) is 21.4 Å². The summed E-state index contributed by atoms with van der Waals surface area (Å²) in [5.41, 5.74) is 4.16. The molecule has 13 heavy (non-hydrogen) atoms. The van der Waals surface area contributed by atoms with Crippen LogP contribution in [0.2, 0.25) is 0 Å². The van der Waals surface area contributed by atoms with E-state index in [1.54, 1.807) is 0 Å². The normalized spacial score (nSPS) is 14.2. The van der Waals surface area contributed by atoms with Gasteiger partial charge in [-0.1, -0.05) is 6.58 Å². The van der Waals surface area contributed by atoms with Crippen molar-refractivity contribution < 1.29 is 13.2 Å². The predicted octanol–water partition coefficient (Wildman–Crippen LogP) is 0.923. The second-order valence-electron chi connectivity index (χ2n) is 2.37. The van der Waals surface area contributed by atoms with Crippen molar-refractivity contribution >= 4 is 0 Å². The van der Waals surface area contributed by atoms with E-state index in [0.717, 1.165) is 6.33 Å². The molecule has 72 valence electrons. The lowest BCUT2D eigenvalue weighted by molar-refractivity contribution is -0.0955. The van der Waals surface area contributed by atoms with Crippen molar-refractivity contribution in [2.24, 2.45) is 5.73 Å². The van der Waals surface area contributed by atoms with Crippen molar-refractivity contribution in [3.63, 3.8) is 0 Å². The maximum Gasteiger partial charge on any atom is 0.414 e. The molecule has 0 aliphatic heterocycles. The molecular formula is C6H7F3N4. The van der Waals surface area contributed by atoms with E-state index in [1.165, 1.54) is 0 Å². The Hall–Kier alpha value is -1.37. The maximum absolute atomic E-state index is 12.0. The van der Waals surface area contributed by atoms with E-state index < -0.39 is 17.8 Å². The van der Waals surface area contributed by atoms with Gasteiger partial charge in [0.25, 0.3) is 0 Å². The van der Waals surface area contributed by atoms with Crippen LogP contribution in [0.3, 0.4) is 0 Å². The first-order valence-corrected chi connectivity index (χ1v) is 3.29. The van der Waals surface area contributed by atoms with E-state index in [-0.39, 0.29) is 5.82 Å². The SMILES string of the molecule is C=C(C(N)c1ncn[nH]1)C(F)(F)F. The monoisotopic (exact) mass is 192 g/mol. The number of hydrogen-bond donors (Lipinski definition) is 2. The zero-order valence-corrected chi connectivity index (χ0v) is 6.47. The zero-order chi connectivity index (χ0) is 10.1. The number of rotatable bonds is 2. The number of aromatic nitrogens is 3. The van der Waals surface area contributed by atoms with E-state index in [0.29, 0.717) is 0 Å². The first-order valence-electron chi connectivity index (χ1n) is 3.29. The fraction of sp³-hybridized carbons (Fsp3) is 0.333. The van der Waals surface area contributed by atoms with Gasteiger partial charge in [0.15, 0.2) is 0 Å². The van der Waals surface area contributed by atoms with Crippen molar-refractivity contribution in [1.29, 1.82) is 0 Å². The summed E-state index contributed by atoms with van der Waals surface area (Å²) >= 11 is 0. The largest absolute Gasteiger partial charge is 0.414 e. The zero-order valence-electron chi connectivity index (χ0n) is 6.47. The van der Waals surface area contributed by atoms with Gasteiger partial charge in [0.05, 0.1) is 11.6 Å². The van der Waals surface area contributed by atoms with Crippen LogP contribution >= 0.6 is 0 Å². The van der Waals surface area contributed by atoms with E-state index >= 15 is 0 Å². The van der Waals surface area contributed by atoms with Gasteiger partial charge < -0.3 is 5.73 Å². The second-order valence-corrected chi connectivity index (χ2v) is 2.37. The minimum Gasteiger partial charge on any atom is -0.318 e. The Morgan fingerprint density at radius 3 is 2.62 bits per heavy atom. The second kappa shape index (κ2) is 3.17. The third-order valence-corrected chi connectivity index (χ3v) is 1.47. The highest BCUT2D eigenvalue weighted by Crippen LogP contribution is 2.31. The summed E-state index contributed by atoms with van der Waals surface area (Å²) < 4.78 is 36.1. The number of nitrogens with one attached hydrogen (secondary N) is 1. The highest BCUT2D eigenvalue weighted by atomic mass is 19.4. The standard InChI is InChI=1S/C6H7F3N4/c1-3(6(7,8)9)4(10)5-11-2-12-13-5/h2,4H,1,10H2,(H,11,12,13). The molecule has 1 unspecified atom stereocenters. The van der Waals surface area contributed by atoms with E-state index in [2.05, 4.69) is 21.8 Å². The fourth-order valence-electron chi connectivity index (χ4n) is 0.706. The van der Waals surface area contributed by atoms with Crippen molar-refractivity contribution in [2.75, 3.05) is 0 Å². The third kappa shape index (κ3) is 2.05. The summed E-state index contributed by atoms with van der Waals surface area (Å²) in [6.07, 6.45) is -3.43. The Morgan fingerprint density at radius 2 is 2.23 bits per heavy atom. The van der Waals surface area contributed by atoms with Crippen LogP contribution in [-0.2, 0) is 0 Å². The van der Waals surface area contributed by atoms with Gasteiger partial charge in [-0.2, -0.15) is 18.3 Å². The quantitative estimate of drug-likeness (QED) is 0.684. The molecular weight excluding hydrogens is 185 g/mol. The fourth-order valence-corrected chi connectivity index (χ4v) is 0.706. The maximum atomic E-state index is 12.0. The number of H-pyrrole nitrogens is 1. The van der Waals surface area contributed by atoms with E-state index in [9.17, 15) is 13.2 Å². The van der Waals surface area contributed by atoms with Crippen LogP contribution in [0.25, 0.3) is 0 Å². The molecule has 0 aliphatic rings. The minimum atomic E-state index is -4.51. The van der Waals surface area contributed by atoms with E-state index in [4.69, 9.17) is 5.73 Å². The molecule has 0 spiro atoms. The lowest BCUT2D eigenvalue weighted by atomic mass is 10.1. The van der Waals surface area contributed by atoms with Crippen LogP contribution < -0.4 is 5.73 Å². The first kappa shape index (κ1) is 9.72. The molecule has 4 nitrogen and oxygen atoms in total. The Bertz CT molecular complexity index is 289. The Labute approximate surface area is 71.7 Å². The van der Waals surface area contributed by atoms with Gasteiger partial charge in [0, 0.05) is 0 Å². The van der Waals surface area contributed by atoms with Gasteiger partial charge >= 0.3 is 6.18 Å². The number of hydrogen-bond acceptors (Lipinski definition) is 3. The molecule has 1 rings (SSSR count). The summed E-state index contributed by atoms with van der Waals surface area (Å²) in [5, 5.41) is 5.63. The van der Waals surface area contributed by atoms with Gasteiger partial charge in [0.1, 0.15) is 12.2 Å². The lowest BCUT2D eigenvalue weighted by Gasteiger charge is -2.14. The molecule has 1 aromatic heterocycles. The topological polar surface area (TPSA) is 67.6 Å². The van der Waals surface area contributed by atoms with Crippen LogP contribution in [0.15, 0.2) is 18.5 Å². The average Bonchev–Trinajstić information content (AvgIpc) is 2.51. The van der Waals surface area contributed by atoms with Crippen LogP contribution in [0.4, 0.5) is 13.2 Å². The molecule has 1 atom stereocenters. The van der Waals surface area contributed by atoms with Crippen molar-refractivity contribution in [2.45, 2.75) is 12.2 Å². The molecule has 0 saturated carbocycles. The Balaban J connectivity index is 2.81. The molecule has 0 fully saturated rings. The van der Waals surface area contributed by atoms with Crippen molar-refractivity contribution in [3.8, 4) is 0 Å². The molecule has 0 aromatic carbocycles. The molecule has 0 aliphatic carbocycles. The van der Waals surface area contributed by atoms with Crippen LogP contribution in [0.1, 0.15) is 11.9 Å². The highest BCUT2D eigenvalue weighted by Gasteiger charge is 2.37. The Morgan fingerprint density at radius 1 is 1.62 bits per heavy atom. The smallest absolute Gasteiger partial charge is 0.318 e. The first-order chi connectivity index (χ1) is 5.93. The van der Waals surface area contributed by atoms with Gasteiger partial charge in [-0.05, 0) is 0 Å². The van der Waals surface area contributed by atoms with Gasteiger partial charge in [-0.3, -0.25) is 5.10 Å². The molecule has 0 saturated heterocycles. The van der Waals surface area contributed by atoms with Crippen molar-refractivity contribution in [1.82, 2.24) is 15.2 Å². The van der Waals surface area contributed by atoms with Crippen molar-refractivity contribution in [3.05, 3.63) is 24.3 Å². The number of alkyl halides is 3. The number of nitrogens with zero attached hydrogens (tertiary/aromatic N) is 2. The summed E-state index contributed by atoms with van der Waals surface area (Å²) in [6.45, 7) is 2.84. The number of aromatic amines is 1. The summed E-state index contributed by atoms with van der Waals surface area (Å²) in [5.74, 6) is -0.0534. The predicted molar refractivity (Wildman–Crippen MR) is 38.5 cm³/mol. The molecule has 0 bridgehead atoms. The third-order valence-electron chi connectivity index (χ3n) is 1.47. The van der Waals surface area contributed by atoms with Gasteiger partial charge in [0.2, 0.25) is 0 Å². The van der Waals surface area contributed by atoms with Gasteiger partial charge in [-0.15, -0.1) is 0 Å². The highest BCUT2D eigenvalue weighted by molar-refractivity contribution is 5.16. The van der Waals surface area contributed by atoms with Gasteiger partial charge in [-0.25, -0.2) is 4.98 Å². The summed E-state index contributed by atoms with van der Waals surface area (Å²) in [6, 6.07) is -1.39. The summed E-state index contributed by atoms with van der Waals surface area (Å²) in [4.78, 5) is 3.50. The molecule has 1 heterocycles. The van der Waals surface area contributed by atoms with E-state index in [1.807, 2.05) is 0 Å². The van der Waals surface area contributed by atoms with Crippen LogP contribution in [0, 0.1) is 0 Å². The molecule has 3 N–H and O–H groups in total. The Kier molecular flexibility index (Phi) is 2.37. The minimum absolute atomic E-state index is 0.0534.